The highest BCUT2D eigenvalue weighted by Crippen LogP contribution is 2.17. The molecule has 2 heterocycles. The molecule has 9 heteroatoms. The van der Waals surface area contributed by atoms with Crippen LogP contribution in [0.5, 0.6) is 0 Å². The fourth-order valence-electron chi connectivity index (χ4n) is 2.64. The van der Waals surface area contributed by atoms with Crippen molar-refractivity contribution in [2.45, 2.75) is 38.6 Å². The van der Waals surface area contributed by atoms with Crippen LogP contribution in [0.3, 0.4) is 0 Å². The Morgan fingerprint density at radius 3 is 2.41 bits per heavy atom. The van der Waals surface area contributed by atoms with Gasteiger partial charge in [-0.3, -0.25) is 4.79 Å². The number of nitrogens with zero attached hydrogens (tertiary/aromatic N) is 4. The van der Waals surface area contributed by atoms with E-state index in [4.69, 9.17) is 10.3 Å². The molecule has 0 spiro atoms. The maximum atomic E-state index is 12.1. The van der Waals surface area contributed by atoms with E-state index in [9.17, 15) is 4.79 Å². The highest BCUT2D eigenvalue weighted by atomic mass is 35.5. The van der Waals surface area contributed by atoms with Crippen molar-refractivity contribution in [1.82, 2.24) is 25.4 Å². The molecule has 1 amide bonds. The fourth-order valence-corrected chi connectivity index (χ4v) is 2.64. The second kappa shape index (κ2) is 10.6. The molecule has 0 fully saturated rings. The number of aryl methyl sites for hydroxylation is 1. The van der Waals surface area contributed by atoms with Crippen molar-refractivity contribution in [3.8, 4) is 11.6 Å². The SMILES string of the molecule is CC(C)c1ccc(C(N)CNC(=O)CCc2nc(-c3ncccn3)no2)cc1.Cl. The van der Waals surface area contributed by atoms with Crippen molar-refractivity contribution >= 4 is 18.3 Å². The lowest BCUT2D eigenvalue weighted by atomic mass is 9.99. The van der Waals surface area contributed by atoms with Crippen molar-refractivity contribution < 1.29 is 9.32 Å². The van der Waals surface area contributed by atoms with Gasteiger partial charge in [0.05, 0.1) is 0 Å². The summed E-state index contributed by atoms with van der Waals surface area (Å²) in [6, 6.07) is 9.63. The summed E-state index contributed by atoms with van der Waals surface area (Å²) in [6.45, 7) is 4.66. The predicted octanol–water partition coefficient (Wildman–Crippen LogP) is 2.82. The lowest BCUT2D eigenvalue weighted by molar-refractivity contribution is -0.121. The molecule has 3 N–H and O–H groups in total. The number of carbonyl (C=O) groups is 1. The Kier molecular flexibility index (Phi) is 8.23. The minimum absolute atomic E-state index is 0. The number of hydrogen-bond acceptors (Lipinski definition) is 7. The molecular formula is C20H25ClN6O2. The Balaban J connectivity index is 0.00000300. The van der Waals surface area contributed by atoms with Gasteiger partial charge in [0, 0.05) is 37.8 Å². The summed E-state index contributed by atoms with van der Waals surface area (Å²) in [5.74, 6) is 1.42. The van der Waals surface area contributed by atoms with Gasteiger partial charge in [0.15, 0.2) is 0 Å². The molecule has 1 atom stereocenters. The maximum absolute atomic E-state index is 12.1. The van der Waals surface area contributed by atoms with Crippen LogP contribution in [0, 0.1) is 0 Å². The van der Waals surface area contributed by atoms with E-state index >= 15 is 0 Å². The van der Waals surface area contributed by atoms with Crippen LogP contribution in [0.25, 0.3) is 11.6 Å². The van der Waals surface area contributed by atoms with Gasteiger partial charge in [-0.05, 0) is 23.1 Å². The minimum atomic E-state index is -0.254. The van der Waals surface area contributed by atoms with Gasteiger partial charge >= 0.3 is 0 Å². The highest BCUT2D eigenvalue weighted by Gasteiger charge is 2.13. The zero-order valence-corrected chi connectivity index (χ0v) is 17.2. The van der Waals surface area contributed by atoms with Gasteiger partial charge in [-0.25, -0.2) is 9.97 Å². The predicted molar refractivity (Wildman–Crippen MR) is 111 cm³/mol. The van der Waals surface area contributed by atoms with Crippen LogP contribution in [0.1, 0.15) is 49.2 Å². The Hall–Kier alpha value is -2.84. The number of carbonyl (C=O) groups excluding carboxylic acids is 1. The Bertz CT molecular complexity index is 899. The van der Waals surface area contributed by atoms with Crippen LogP contribution in [0.4, 0.5) is 0 Å². The number of benzene rings is 1. The molecule has 2 aromatic heterocycles. The minimum Gasteiger partial charge on any atom is -0.354 e. The first-order valence-corrected chi connectivity index (χ1v) is 9.25. The van der Waals surface area contributed by atoms with Crippen molar-refractivity contribution in [3.05, 3.63) is 59.7 Å². The number of amides is 1. The van der Waals surface area contributed by atoms with Crippen LogP contribution in [0.15, 0.2) is 47.2 Å². The summed E-state index contributed by atoms with van der Waals surface area (Å²) >= 11 is 0. The molecule has 154 valence electrons. The lowest BCUT2D eigenvalue weighted by Crippen LogP contribution is -2.32. The standard InChI is InChI=1S/C20H24N6O2.ClH/c1-13(2)14-4-6-15(7-5-14)16(21)12-24-17(27)8-9-18-25-20(26-28-18)19-22-10-3-11-23-19;/h3-7,10-11,13,16H,8-9,12,21H2,1-2H3,(H,24,27);1H. The van der Waals surface area contributed by atoms with Gasteiger partial charge in [-0.1, -0.05) is 43.3 Å². The zero-order chi connectivity index (χ0) is 19.9. The number of nitrogens with two attached hydrogens (primary N) is 1. The fraction of sp³-hybridized carbons (Fsp3) is 0.350. The van der Waals surface area contributed by atoms with E-state index < -0.39 is 0 Å². The summed E-state index contributed by atoms with van der Waals surface area (Å²) in [5.41, 5.74) is 8.43. The van der Waals surface area contributed by atoms with Crippen LogP contribution < -0.4 is 11.1 Å². The van der Waals surface area contributed by atoms with E-state index in [0.717, 1.165) is 5.56 Å². The average Bonchev–Trinajstić information content (AvgIpc) is 3.20. The molecule has 1 aromatic carbocycles. The van der Waals surface area contributed by atoms with E-state index in [-0.39, 0.29) is 30.8 Å². The molecule has 3 aromatic rings. The van der Waals surface area contributed by atoms with E-state index in [1.54, 1.807) is 18.5 Å². The summed E-state index contributed by atoms with van der Waals surface area (Å²) < 4.78 is 5.15. The first-order valence-electron chi connectivity index (χ1n) is 9.25. The molecule has 0 bridgehead atoms. The first kappa shape index (κ1) is 22.4. The Labute approximate surface area is 175 Å². The molecule has 0 saturated carbocycles. The molecule has 0 saturated heterocycles. The van der Waals surface area contributed by atoms with E-state index in [2.05, 4.69) is 51.4 Å². The monoisotopic (exact) mass is 416 g/mol. The second-order valence-corrected chi connectivity index (χ2v) is 6.82. The van der Waals surface area contributed by atoms with Gasteiger partial charge in [-0.2, -0.15) is 4.98 Å². The number of rotatable bonds is 8. The number of nitrogens with one attached hydrogen (secondary N) is 1. The molecule has 3 rings (SSSR count). The maximum Gasteiger partial charge on any atom is 0.240 e. The molecule has 0 aliphatic heterocycles. The molecular weight excluding hydrogens is 392 g/mol. The van der Waals surface area contributed by atoms with E-state index in [0.29, 0.717) is 36.4 Å². The van der Waals surface area contributed by atoms with Gasteiger partial charge < -0.3 is 15.6 Å². The highest BCUT2D eigenvalue weighted by molar-refractivity contribution is 5.85. The summed E-state index contributed by atoms with van der Waals surface area (Å²) in [4.78, 5) is 24.4. The van der Waals surface area contributed by atoms with Gasteiger partial charge in [0.2, 0.25) is 23.4 Å². The second-order valence-electron chi connectivity index (χ2n) is 6.82. The van der Waals surface area contributed by atoms with Crippen molar-refractivity contribution in [2.24, 2.45) is 5.73 Å². The van der Waals surface area contributed by atoms with Crippen molar-refractivity contribution in [1.29, 1.82) is 0 Å². The summed E-state index contributed by atoms with van der Waals surface area (Å²) in [7, 11) is 0. The molecule has 1 unspecified atom stereocenters. The first-order chi connectivity index (χ1) is 13.5. The van der Waals surface area contributed by atoms with E-state index in [1.165, 1.54) is 5.56 Å². The van der Waals surface area contributed by atoms with Gasteiger partial charge in [0.1, 0.15) is 0 Å². The molecule has 8 nitrogen and oxygen atoms in total. The normalized spacial score (nSPS) is 11.7. The van der Waals surface area contributed by atoms with Crippen molar-refractivity contribution in [2.75, 3.05) is 6.54 Å². The number of halogens is 1. The lowest BCUT2D eigenvalue weighted by Gasteiger charge is -2.14. The Morgan fingerprint density at radius 1 is 1.10 bits per heavy atom. The Morgan fingerprint density at radius 2 is 1.76 bits per heavy atom. The van der Waals surface area contributed by atoms with Crippen LogP contribution >= 0.6 is 12.4 Å². The van der Waals surface area contributed by atoms with Crippen LogP contribution in [-0.2, 0) is 11.2 Å². The number of hydrogen-bond donors (Lipinski definition) is 2. The quantitative estimate of drug-likeness (QED) is 0.579. The van der Waals surface area contributed by atoms with E-state index in [1.807, 2.05) is 12.1 Å². The van der Waals surface area contributed by atoms with Gasteiger partial charge in [-0.15, -0.1) is 12.4 Å². The third-order valence-electron chi connectivity index (χ3n) is 4.35. The molecule has 29 heavy (non-hydrogen) atoms. The third kappa shape index (κ3) is 6.33. The largest absolute Gasteiger partial charge is 0.354 e. The van der Waals surface area contributed by atoms with Crippen LogP contribution in [-0.4, -0.2) is 32.6 Å². The molecule has 0 aliphatic rings. The molecule has 0 radical (unpaired) electrons. The zero-order valence-electron chi connectivity index (χ0n) is 16.4. The van der Waals surface area contributed by atoms with Crippen molar-refractivity contribution in [3.63, 3.8) is 0 Å². The topological polar surface area (TPSA) is 120 Å². The van der Waals surface area contributed by atoms with Gasteiger partial charge in [0.25, 0.3) is 0 Å². The smallest absolute Gasteiger partial charge is 0.240 e. The molecule has 0 aliphatic carbocycles. The summed E-state index contributed by atoms with van der Waals surface area (Å²) in [6.07, 6.45) is 3.77. The number of aromatic nitrogens is 4. The average molecular weight is 417 g/mol. The third-order valence-corrected chi connectivity index (χ3v) is 4.35. The van der Waals surface area contributed by atoms with Crippen LogP contribution in [0.2, 0.25) is 0 Å². The summed E-state index contributed by atoms with van der Waals surface area (Å²) in [5, 5.41) is 6.68.